The molecule has 0 unspecified atom stereocenters. The van der Waals surface area contributed by atoms with Gasteiger partial charge in [0.2, 0.25) is 5.91 Å². The third kappa shape index (κ3) is 8.91. The van der Waals surface area contributed by atoms with Gasteiger partial charge in [0.25, 0.3) is 5.91 Å². The van der Waals surface area contributed by atoms with E-state index in [-0.39, 0.29) is 18.7 Å². The van der Waals surface area contributed by atoms with Crippen LogP contribution in [0.15, 0.2) is 65.1 Å². The number of hydrogen-bond acceptors (Lipinski definition) is 5. The molecule has 0 aliphatic rings. The standard InChI is InChI=1S/C28H28BrClN2O5/c1-17(2)22-10-4-18(3)14-25(22)37-21-8-5-19(6-9-21)31-26(33)12-13-28(35)36-16-27(34)32-20-7-11-23(29)24(30)15-20/h4-11,14-15,17H,12-13,16H2,1-3H3,(H,31,33)(H,32,34). The van der Waals surface area contributed by atoms with Gasteiger partial charge < -0.3 is 20.1 Å². The summed E-state index contributed by atoms with van der Waals surface area (Å²) in [7, 11) is 0. The Hall–Kier alpha value is -3.36. The highest BCUT2D eigenvalue weighted by atomic mass is 79.9. The minimum absolute atomic E-state index is 0.0813. The van der Waals surface area contributed by atoms with Gasteiger partial charge in [-0.25, -0.2) is 0 Å². The van der Waals surface area contributed by atoms with Crippen LogP contribution in [0.5, 0.6) is 11.5 Å². The lowest BCUT2D eigenvalue weighted by molar-refractivity contribution is -0.147. The van der Waals surface area contributed by atoms with Gasteiger partial charge in [0.05, 0.1) is 11.4 Å². The molecule has 0 spiro atoms. The fourth-order valence-corrected chi connectivity index (χ4v) is 3.80. The minimum Gasteiger partial charge on any atom is -0.457 e. The van der Waals surface area contributed by atoms with E-state index >= 15 is 0 Å². The maximum absolute atomic E-state index is 12.2. The number of hydrogen-bond donors (Lipinski definition) is 2. The maximum Gasteiger partial charge on any atom is 0.306 e. The van der Waals surface area contributed by atoms with E-state index in [0.717, 1.165) is 16.9 Å². The Morgan fingerprint density at radius 1 is 0.892 bits per heavy atom. The van der Waals surface area contributed by atoms with Crippen LogP contribution in [-0.2, 0) is 19.1 Å². The van der Waals surface area contributed by atoms with Crippen LogP contribution in [0.1, 0.15) is 43.7 Å². The number of rotatable bonds is 10. The third-order valence-electron chi connectivity index (χ3n) is 5.28. The van der Waals surface area contributed by atoms with Gasteiger partial charge in [-0.15, -0.1) is 0 Å². The molecule has 0 saturated heterocycles. The molecular formula is C28H28BrClN2O5. The van der Waals surface area contributed by atoms with Gasteiger partial charge in [0, 0.05) is 22.3 Å². The number of carbonyl (C=O) groups excluding carboxylic acids is 3. The van der Waals surface area contributed by atoms with E-state index in [2.05, 4.69) is 52.5 Å². The van der Waals surface area contributed by atoms with Gasteiger partial charge in [-0.2, -0.15) is 0 Å². The normalized spacial score (nSPS) is 10.6. The van der Waals surface area contributed by atoms with Crippen molar-refractivity contribution in [2.24, 2.45) is 0 Å². The molecule has 194 valence electrons. The van der Waals surface area contributed by atoms with Crippen molar-refractivity contribution in [2.75, 3.05) is 17.2 Å². The maximum atomic E-state index is 12.2. The van der Waals surface area contributed by atoms with Crippen LogP contribution in [0.3, 0.4) is 0 Å². The van der Waals surface area contributed by atoms with Gasteiger partial charge in [-0.05, 0) is 88.4 Å². The molecule has 0 aromatic heterocycles. The van der Waals surface area contributed by atoms with E-state index in [1.807, 2.05) is 13.0 Å². The van der Waals surface area contributed by atoms with Crippen LogP contribution in [-0.4, -0.2) is 24.4 Å². The first-order valence-corrected chi connectivity index (χ1v) is 12.9. The summed E-state index contributed by atoms with van der Waals surface area (Å²) in [5, 5.41) is 5.76. The van der Waals surface area contributed by atoms with E-state index in [1.54, 1.807) is 42.5 Å². The molecule has 0 atom stereocenters. The number of amides is 2. The van der Waals surface area contributed by atoms with Crippen molar-refractivity contribution in [3.8, 4) is 11.5 Å². The Balaban J connectivity index is 1.42. The first-order chi connectivity index (χ1) is 17.6. The number of ether oxygens (including phenoxy) is 2. The number of carbonyl (C=O) groups is 3. The molecule has 2 N–H and O–H groups in total. The van der Waals surface area contributed by atoms with Gasteiger partial charge in [0.1, 0.15) is 11.5 Å². The number of esters is 1. The second kappa shape index (κ2) is 13.3. The predicted octanol–water partition coefficient (Wildman–Crippen LogP) is 7.23. The number of halogens is 2. The third-order valence-corrected chi connectivity index (χ3v) is 6.51. The van der Waals surface area contributed by atoms with Crippen LogP contribution in [0, 0.1) is 6.92 Å². The van der Waals surface area contributed by atoms with Crippen LogP contribution >= 0.6 is 27.5 Å². The highest BCUT2D eigenvalue weighted by molar-refractivity contribution is 9.10. The lowest BCUT2D eigenvalue weighted by Crippen LogP contribution is -2.21. The fraction of sp³-hybridized carbons (Fsp3) is 0.250. The second-order valence-corrected chi connectivity index (χ2v) is 9.97. The van der Waals surface area contributed by atoms with Crippen LogP contribution in [0.4, 0.5) is 11.4 Å². The summed E-state index contributed by atoms with van der Waals surface area (Å²) in [6.45, 7) is 5.78. The van der Waals surface area contributed by atoms with E-state index in [1.165, 1.54) is 0 Å². The summed E-state index contributed by atoms with van der Waals surface area (Å²) < 4.78 is 11.7. The SMILES string of the molecule is Cc1ccc(C(C)C)c(Oc2ccc(NC(=O)CCC(=O)OCC(=O)Nc3ccc(Br)c(Cl)c3)cc2)c1. The molecule has 0 heterocycles. The molecular weight excluding hydrogens is 560 g/mol. The Morgan fingerprint density at radius 2 is 1.57 bits per heavy atom. The monoisotopic (exact) mass is 586 g/mol. The van der Waals surface area contributed by atoms with E-state index in [9.17, 15) is 14.4 Å². The van der Waals surface area contributed by atoms with Gasteiger partial charge in [-0.3, -0.25) is 14.4 Å². The van der Waals surface area contributed by atoms with Crippen molar-refractivity contribution in [3.05, 3.63) is 81.3 Å². The fourth-order valence-electron chi connectivity index (χ4n) is 3.37. The quantitative estimate of drug-likeness (QED) is 0.244. The summed E-state index contributed by atoms with van der Waals surface area (Å²) in [5.41, 5.74) is 3.28. The Morgan fingerprint density at radius 3 is 2.24 bits per heavy atom. The molecule has 0 fully saturated rings. The predicted molar refractivity (Wildman–Crippen MR) is 148 cm³/mol. The summed E-state index contributed by atoms with van der Waals surface area (Å²) in [6, 6.07) is 18.1. The Kier molecular flexibility index (Phi) is 10.1. The average molecular weight is 588 g/mol. The van der Waals surface area contributed by atoms with Crippen molar-refractivity contribution in [1.29, 1.82) is 0 Å². The lowest BCUT2D eigenvalue weighted by atomic mass is 10.0. The van der Waals surface area contributed by atoms with E-state index < -0.39 is 18.5 Å². The Labute approximate surface area is 229 Å². The van der Waals surface area contributed by atoms with E-state index in [0.29, 0.717) is 32.5 Å². The summed E-state index contributed by atoms with van der Waals surface area (Å²) in [5.74, 6) is 0.269. The summed E-state index contributed by atoms with van der Waals surface area (Å²) >= 11 is 9.25. The molecule has 0 radical (unpaired) electrons. The zero-order valence-electron chi connectivity index (χ0n) is 20.8. The van der Waals surface area contributed by atoms with Crippen molar-refractivity contribution in [3.63, 3.8) is 0 Å². The molecule has 0 bridgehead atoms. The first kappa shape index (κ1) is 28.2. The summed E-state index contributed by atoms with van der Waals surface area (Å²) in [6.07, 6.45) is -0.238. The highest BCUT2D eigenvalue weighted by Gasteiger charge is 2.13. The highest BCUT2D eigenvalue weighted by Crippen LogP contribution is 2.32. The molecule has 0 saturated carbocycles. The lowest BCUT2D eigenvalue weighted by Gasteiger charge is -2.15. The molecule has 37 heavy (non-hydrogen) atoms. The van der Waals surface area contributed by atoms with Crippen molar-refractivity contribution >= 4 is 56.7 Å². The van der Waals surface area contributed by atoms with Gasteiger partial charge in [-0.1, -0.05) is 37.6 Å². The average Bonchev–Trinajstić information content (AvgIpc) is 2.85. The first-order valence-electron chi connectivity index (χ1n) is 11.7. The molecule has 3 aromatic rings. The van der Waals surface area contributed by atoms with Gasteiger partial charge >= 0.3 is 5.97 Å². The Bertz CT molecular complexity index is 1280. The number of anilines is 2. The minimum atomic E-state index is -0.651. The second-order valence-electron chi connectivity index (χ2n) is 8.71. The molecule has 3 aromatic carbocycles. The molecule has 9 heteroatoms. The molecule has 0 aliphatic carbocycles. The largest absolute Gasteiger partial charge is 0.457 e. The van der Waals surface area contributed by atoms with Gasteiger partial charge in [0.15, 0.2) is 6.61 Å². The smallest absolute Gasteiger partial charge is 0.306 e. The summed E-state index contributed by atoms with van der Waals surface area (Å²) in [4.78, 5) is 36.2. The molecule has 0 aliphatic heterocycles. The molecule has 2 amide bonds. The number of nitrogens with one attached hydrogen (secondary N) is 2. The van der Waals surface area contributed by atoms with Crippen LogP contribution < -0.4 is 15.4 Å². The van der Waals surface area contributed by atoms with Crippen molar-refractivity contribution < 1.29 is 23.9 Å². The van der Waals surface area contributed by atoms with Crippen molar-refractivity contribution in [2.45, 2.75) is 39.5 Å². The molecule has 3 rings (SSSR count). The molecule has 7 nitrogen and oxygen atoms in total. The zero-order valence-corrected chi connectivity index (χ0v) is 23.1. The van der Waals surface area contributed by atoms with Crippen molar-refractivity contribution in [1.82, 2.24) is 0 Å². The number of benzene rings is 3. The topological polar surface area (TPSA) is 93.7 Å². The van der Waals surface area contributed by atoms with Crippen LogP contribution in [0.25, 0.3) is 0 Å². The zero-order chi connectivity index (χ0) is 26.9. The van der Waals surface area contributed by atoms with Crippen LogP contribution in [0.2, 0.25) is 5.02 Å². The number of aryl methyl sites for hydroxylation is 1. The van der Waals surface area contributed by atoms with E-state index in [4.69, 9.17) is 21.1 Å².